The molecule has 0 aromatic heterocycles. The molecule has 0 aromatic carbocycles. The van der Waals surface area contributed by atoms with E-state index < -0.39 is 5.41 Å². The average Bonchev–Trinajstić information content (AvgIpc) is 1.82. The van der Waals surface area contributed by atoms with Gasteiger partial charge < -0.3 is 5.11 Å². The van der Waals surface area contributed by atoms with Gasteiger partial charge in [0.25, 0.3) is 0 Å². The molecule has 0 aliphatic carbocycles. The first-order valence-electron chi connectivity index (χ1n) is 4.51. The Balaban J connectivity index is 0. The Morgan fingerprint density at radius 3 is 1.57 bits per heavy atom. The van der Waals surface area contributed by atoms with E-state index in [1.54, 1.807) is 0 Å². The summed E-state index contributed by atoms with van der Waals surface area (Å²) in [5, 5.41) is 9.56. The van der Waals surface area contributed by atoms with E-state index in [1.807, 2.05) is 41.5 Å². The van der Waals surface area contributed by atoms with Gasteiger partial charge in [0, 0.05) is 16.9 Å². The van der Waals surface area contributed by atoms with Crippen molar-refractivity contribution in [3.05, 3.63) is 11.8 Å². The number of hydrogen-bond donors (Lipinski definition) is 1. The third kappa shape index (κ3) is 6.14. The molecule has 0 saturated carbocycles. The molecule has 0 unspecified atom stereocenters. The van der Waals surface area contributed by atoms with Crippen molar-refractivity contribution in [1.82, 2.24) is 0 Å². The van der Waals surface area contributed by atoms with E-state index in [1.165, 1.54) is 6.08 Å². The van der Waals surface area contributed by atoms with Crippen LogP contribution < -0.4 is 0 Å². The number of carbonyl (C=O) groups excluding carboxylic acids is 1. The average molecular weight is 324 g/mol. The quantitative estimate of drug-likeness (QED) is 0.594. The molecule has 0 amide bonds. The third-order valence-corrected chi connectivity index (χ3v) is 1.78. The summed E-state index contributed by atoms with van der Waals surface area (Å²) in [5.74, 6) is 0.104. The first-order chi connectivity index (χ1) is 5.55. The Bertz CT molecular complexity index is 229. The van der Waals surface area contributed by atoms with E-state index >= 15 is 0 Å². The van der Waals surface area contributed by atoms with Gasteiger partial charge in [0.1, 0.15) is 5.76 Å². The molecule has 2 nitrogen and oxygen atoms in total. The summed E-state index contributed by atoms with van der Waals surface area (Å²) >= 11 is 0. The molecule has 0 bridgehead atoms. The molecule has 0 heterocycles. The van der Waals surface area contributed by atoms with E-state index in [4.69, 9.17) is 0 Å². The van der Waals surface area contributed by atoms with Crippen LogP contribution in [0.3, 0.4) is 0 Å². The van der Waals surface area contributed by atoms with Crippen molar-refractivity contribution in [2.24, 2.45) is 10.8 Å². The summed E-state index contributed by atoms with van der Waals surface area (Å²) in [6.45, 7) is 11.1. The Hall–Kier alpha value is 0.587. The molecule has 0 fully saturated rings. The zero-order valence-electron chi connectivity index (χ0n) is 9.93. The van der Waals surface area contributed by atoms with Gasteiger partial charge in [-0.25, -0.2) is 0 Å². The summed E-state index contributed by atoms with van der Waals surface area (Å²) in [6.07, 6.45) is 1.33. The summed E-state index contributed by atoms with van der Waals surface area (Å²) in [5.41, 5.74) is -0.764. The Morgan fingerprint density at radius 1 is 1.00 bits per heavy atom. The van der Waals surface area contributed by atoms with E-state index in [2.05, 4.69) is 0 Å². The van der Waals surface area contributed by atoms with Gasteiger partial charge in [0.15, 0.2) is 5.78 Å². The second-order valence-corrected chi connectivity index (χ2v) is 5.39. The summed E-state index contributed by atoms with van der Waals surface area (Å²) in [6, 6.07) is 0. The van der Waals surface area contributed by atoms with Crippen LogP contribution in [0.15, 0.2) is 11.8 Å². The molecule has 0 saturated heterocycles. The van der Waals surface area contributed by atoms with Gasteiger partial charge in [-0.15, -0.1) is 0 Å². The fourth-order valence-corrected chi connectivity index (χ4v) is 0.557. The van der Waals surface area contributed by atoms with Crippen molar-refractivity contribution in [2.75, 3.05) is 0 Å². The van der Waals surface area contributed by atoms with Crippen molar-refractivity contribution >= 4 is 5.78 Å². The molecule has 0 aliphatic heterocycles. The van der Waals surface area contributed by atoms with Crippen LogP contribution in [-0.2, 0) is 4.79 Å². The topological polar surface area (TPSA) is 37.3 Å². The summed E-state index contributed by atoms with van der Waals surface area (Å²) in [4.78, 5) is 11.5. The number of ketones is 1. The van der Waals surface area contributed by atoms with Crippen molar-refractivity contribution in [1.29, 1.82) is 0 Å². The maximum atomic E-state index is 11.5. The molecule has 0 aromatic rings. The Labute approximate surface area is 121 Å². The number of allylic oxidation sites excluding steroid dienone is 2. The number of aliphatic hydroxyl groups excluding tert-OH is 1. The first kappa shape index (κ1) is 17.0. The molecular weight excluding hydrogens is 304 g/mol. The normalized spacial score (nSPS) is 13.4. The largest absolute Gasteiger partial charge is 4.00 e. The van der Waals surface area contributed by atoms with Crippen LogP contribution >= 0.6 is 0 Å². The van der Waals surface area contributed by atoms with Crippen LogP contribution in [0.25, 0.3) is 0 Å². The number of rotatable bonds is 1. The maximum absolute atomic E-state index is 11.5. The minimum absolute atomic E-state index is 0. The fraction of sp³-hybridized carbons (Fsp3) is 0.727. The van der Waals surface area contributed by atoms with Gasteiger partial charge in [-0.05, 0) is 0 Å². The van der Waals surface area contributed by atoms with Crippen molar-refractivity contribution in [3.8, 4) is 0 Å². The molecule has 0 radical (unpaired) electrons. The zero-order valence-corrected chi connectivity index (χ0v) is 13.1. The second kappa shape index (κ2) is 5.61. The van der Waals surface area contributed by atoms with E-state index in [0.29, 0.717) is 0 Å². The van der Waals surface area contributed by atoms with Gasteiger partial charge in [-0.1, -0.05) is 41.5 Å². The summed E-state index contributed by atoms with van der Waals surface area (Å²) in [7, 11) is 0. The number of carbonyl (C=O) groups is 1. The smallest absolute Gasteiger partial charge is 0.512 e. The molecular formula is C11H20CeO2+4. The molecule has 0 rings (SSSR count). The van der Waals surface area contributed by atoms with Crippen molar-refractivity contribution < 1.29 is 51.6 Å². The van der Waals surface area contributed by atoms with E-state index in [0.717, 1.165) is 0 Å². The van der Waals surface area contributed by atoms with Crippen molar-refractivity contribution in [3.63, 3.8) is 0 Å². The summed E-state index contributed by atoms with van der Waals surface area (Å²) < 4.78 is 0. The predicted octanol–water partition coefficient (Wildman–Crippen LogP) is 3.09. The monoisotopic (exact) mass is 324 g/mol. The second-order valence-electron chi connectivity index (χ2n) is 5.39. The SMILES string of the molecule is CC(C)(C)C(=O)/C=C(\O)C(C)(C)C.[Ce+4]. The molecule has 1 N–H and O–H groups in total. The standard InChI is InChI=1S/C11H20O2.Ce/c1-10(2,3)8(12)7-9(13)11(4,5)6;/h7,12H,1-6H3;/q;+4/b8-7-;. The van der Waals surface area contributed by atoms with E-state index in [-0.39, 0.29) is 58.7 Å². The predicted molar refractivity (Wildman–Crippen MR) is 54.6 cm³/mol. The maximum Gasteiger partial charge on any atom is 4.00 e. The molecule has 3 heteroatoms. The molecule has 0 spiro atoms. The minimum Gasteiger partial charge on any atom is -0.512 e. The van der Waals surface area contributed by atoms with Gasteiger partial charge >= 0.3 is 41.7 Å². The van der Waals surface area contributed by atoms with Crippen LogP contribution in [0.5, 0.6) is 0 Å². The van der Waals surface area contributed by atoms with Gasteiger partial charge in [0.05, 0.1) is 0 Å². The van der Waals surface area contributed by atoms with Crippen LogP contribution in [0.1, 0.15) is 41.5 Å². The third-order valence-electron chi connectivity index (χ3n) is 1.78. The molecule has 0 aliphatic rings. The fourth-order valence-electron chi connectivity index (χ4n) is 0.557. The van der Waals surface area contributed by atoms with Crippen LogP contribution in [-0.4, -0.2) is 10.9 Å². The van der Waals surface area contributed by atoms with Gasteiger partial charge in [-0.2, -0.15) is 0 Å². The molecule has 14 heavy (non-hydrogen) atoms. The number of aliphatic hydroxyl groups is 1. The van der Waals surface area contributed by atoms with Crippen LogP contribution in [0, 0.1) is 52.6 Å². The number of hydrogen-bond acceptors (Lipinski definition) is 2. The van der Waals surface area contributed by atoms with Crippen LogP contribution in [0.4, 0.5) is 0 Å². The Kier molecular flexibility index (Phi) is 6.81. The molecule has 76 valence electrons. The first-order valence-corrected chi connectivity index (χ1v) is 4.51. The minimum atomic E-state index is -0.417. The van der Waals surface area contributed by atoms with Gasteiger partial charge in [-0.3, -0.25) is 4.79 Å². The Morgan fingerprint density at radius 2 is 1.36 bits per heavy atom. The van der Waals surface area contributed by atoms with Crippen molar-refractivity contribution in [2.45, 2.75) is 41.5 Å². The van der Waals surface area contributed by atoms with Gasteiger partial charge in [0.2, 0.25) is 0 Å². The zero-order chi connectivity index (χ0) is 10.9. The molecule has 0 atom stereocenters. The van der Waals surface area contributed by atoms with E-state index in [9.17, 15) is 9.90 Å². The van der Waals surface area contributed by atoms with Crippen LogP contribution in [0.2, 0.25) is 0 Å².